The lowest BCUT2D eigenvalue weighted by atomic mass is 10.3. The number of aryl methyl sites for hydroxylation is 1. The van der Waals surface area contributed by atoms with E-state index in [1.807, 2.05) is 24.7 Å². The molecule has 1 aromatic heterocycles. The summed E-state index contributed by atoms with van der Waals surface area (Å²) in [7, 11) is 1.92. The molecule has 0 aliphatic rings. The molecule has 14 heavy (non-hydrogen) atoms. The van der Waals surface area contributed by atoms with E-state index in [9.17, 15) is 0 Å². The van der Waals surface area contributed by atoms with Crippen molar-refractivity contribution in [3.63, 3.8) is 0 Å². The molecule has 0 radical (unpaired) electrons. The monoisotopic (exact) mass is 195 g/mol. The number of aromatic nitrogens is 2. The Labute approximate surface area is 84.0 Å². The van der Waals surface area contributed by atoms with Gasteiger partial charge in [0, 0.05) is 38.4 Å². The zero-order valence-electron chi connectivity index (χ0n) is 8.70. The van der Waals surface area contributed by atoms with Crippen LogP contribution in [0.3, 0.4) is 0 Å². The number of hydrogen-bond donors (Lipinski definition) is 2. The fraction of sp³-hybridized carbons (Fsp3) is 0.556. The molecule has 0 aliphatic carbocycles. The topological polar surface area (TPSA) is 68.2 Å². The second kappa shape index (κ2) is 5.26. The average Bonchev–Trinajstić information content (AvgIpc) is 2.52. The minimum Gasteiger partial charge on any atom is -0.370 e. The van der Waals surface area contributed by atoms with E-state index in [0.717, 1.165) is 18.7 Å². The van der Waals surface area contributed by atoms with Crippen molar-refractivity contribution >= 4 is 5.96 Å². The molecular formula is C9H17N5. The first-order valence-electron chi connectivity index (χ1n) is 4.74. The molecular weight excluding hydrogens is 178 g/mol. The van der Waals surface area contributed by atoms with Gasteiger partial charge in [-0.15, -0.1) is 0 Å². The van der Waals surface area contributed by atoms with Crippen LogP contribution in [0.15, 0.2) is 17.3 Å². The van der Waals surface area contributed by atoms with E-state index < -0.39 is 0 Å². The van der Waals surface area contributed by atoms with Gasteiger partial charge in [0.15, 0.2) is 5.96 Å². The van der Waals surface area contributed by atoms with Crippen LogP contribution in [0, 0.1) is 0 Å². The lowest BCUT2D eigenvalue weighted by molar-refractivity contribution is 0.706. The molecule has 0 atom stereocenters. The maximum atomic E-state index is 5.58. The first-order chi connectivity index (χ1) is 6.74. The third kappa shape index (κ3) is 3.08. The molecule has 0 spiro atoms. The number of rotatable bonds is 4. The fourth-order valence-corrected chi connectivity index (χ4v) is 1.17. The van der Waals surface area contributed by atoms with Crippen molar-refractivity contribution in [3.05, 3.63) is 18.0 Å². The minimum atomic E-state index is 0.509. The Hall–Kier alpha value is -1.52. The third-order valence-electron chi connectivity index (χ3n) is 1.93. The summed E-state index contributed by atoms with van der Waals surface area (Å²) in [6.07, 6.45) is 2.65. The van der Waals surface area contributed by atoms with Crippen molar-refractivity contribution in [2.45, 2.75) is 13.3 Å². The Morgan fingerprint density at radius 2 is 2.50 bits per heavy atom. The zero-order chi connectivity index (χ0) is 10.4. The van der Waals surface area contributed by atoms with Gasteiger partial charge in [-0.3, -0.25) is 9.67 Å². The number of nitrogens with two attached hydrogens (primary N) is 1. The standard InChI is InChI=1S/C9H17N5/c1-3-11-9(10)12-6-4-8-5-7-13-14(8)2/h5,7H,3-4,6H2,1-2H3,(H3,10,11,12). The van der Waals surface area contributed by atoms with Crippen LogP contribution >= 0.6 is 0 Å². The predicted octanol–water partition coefficient (Wildman–Crippen LogP) is -0.113. The Balaban J connectivity index is 2.35. The highest BCUT2D eigenvalue weighted by Gasteiger charge is 1.96. The summed E-state index contributed by atoms with van der Waals surface area (Å²) in [6.45, 7) is 3.49. The van der Waals surface area contributed by atoms with E-state index >= 15 is 0 Å². The van der Waals surface area contributed by atoms with Gasteiger partial charge in [-0.1, -0.05) is 0 Å². The van der Waals surface area contributed by atoms with Crippen molar-refractivity contribution in [1.82, 2.24) is 15.1 Å². The number of aliphatic imine (C=N–C) groups is 1. The normalized spacial score (nSPS) is 11.7. The predicted molar refractivity (Wildman–Crippen MR) is 57.1 cm³/mol. The molecule has 0 unspecified atom stereocenters. The number of hydrogen-bond acceptors (Lipinski definition) is 2. The second-order valence-electron chi connectivity index (χ2n) is 2.99. The largest absolute Gasteiger partial charge is 0.370 e. The molecule has 0 amide bonds. The molecule has 0 bridgehead atoms. The van der Waals surface area contributed by atoms with Crippen molar-refractivity contribution in [3.8, 4) is 0 Å². The van der Waals surface area contributed by atoms with Gasteiger partial charge in [-0.2, -0.15) is 5.10 Å². The lowest BCUT2D eigenvalue weighted by Crippen LogP contribution is -2.31. The highest BCUT2D eigenvalue weighted by Crippen LogP contribution is 1.96. The summed E-state index contributed by atoms with van der Waals surface area (Å²) in [5, 5.41) is 7.02. The first-order valence-corrected chi connectivity index (χ1v) is 4.74. The van der Waals surface area contributed by atoms with E-state index in [4.69, 9.17) is 5.73 Å². The van der Waals surface area contributed by atoms with Crippen LogP contribution in [0.4, 0.5) is 0 Å². The van der Waals surface area contributed by atoms with E-state index in [0.29, 0.717) is 12.5 Å². The Kier molecular flexibility index (Phi) is 3.97. The second-order valence-corrected chi connectivity index (χ2v) is 2.99. The van der Waals surface area contributed by atoms with Gasteiger partial charge in [0.25, 0.3) is 0 Å². The van der Waals surface area contributed by atoms with Gasteiger partial charge in [0.2, 0.25) is 0 Å². The van der Waals surface area contributed by atoms with Gasteiger partial charge >= 0.3 is 0 Å². The van der Waals surface area contributed by atoms with Crippen LogP contribution in [0.5, 0.6) is 0 Å². The molecule has 5 heteroatoms. The number of guanidine groups is 1. The van der Waals surface area contributed by atoms with Crippen LogP contribution in [-0.4, -0.2) is 28.8 Å². The molecule has 78 valence electrons. The highest BCUT2D eigenvalue weighted by molar-refractivity contribution is 5.77. The summed E-state index contributed by atoms with van der Waals surface area (Å²) in [4.78, 5) is 4.17. The van der Waals surface area contributed by atoms with Crippen LogP contribution in [-0.2, 0) is 13.5 Å². The van der Waals surface area contributed by atoms with Crippen LogP contribution in [0.25, 0.3) is 0 Å². The summed E-state index contributed by atoms with van der Waals surface area (Å²) in [5.74, 6) is 0.509. The molecule has 5 nitrogen and oxygen atoms in total. The average molecular weight is 195 g/mol. The Morgan fingerprint density at radius 1 is 1.71 bits per heavy atom. The molecule has 3 N–H and O–H groups in total. The van der Waals surface area contributed by atoms with Gasteiger partial charge in [-0.05, 0) is 13.0 Å². The van der Waals surface area contributed by atoms with Gasteiger partial charge in [0.1, 0.15) is 0 Å². The van der Waals surface area contributed by atoms with E-state index in [2.05, 4.69) is 15.4 Å². The quantitative estimate of drug-likeness (QED) is 0.520. The van der Waals surface area contributed by atoms with E-state index in [1.165, 1.54) is 0 Å². The van der Waals surface area contributed by atoms with Crippen LogP contribution < -0.4 is 11.1 Å². The Bertz CT molecular complexity index is 302. The van der Waals surface area contributed by atoms with Gasteiger partial charge in [-0.25, -0.2) is 0 Å². The molecule has 1 aromatic rings. The van der Waals surface area contributed by atoms with Crippen molar-refractivity contribution in [2.75, 3.05) is 13.1 Å². The van der Waals surface area contributed by atoms with Gasteiger partial charge < -0.3 is 11.1 Å². The fourth-order valence-electron chi connectivity index (χ4n) is 1.17. The smallest absolute Gasteiger partial charge is 0.188 e. The Morgan fingerprint density at radius 3 is 3.07 bits per heavy atom. The molecule has 0 aromatic carbocycles. The molecule has 0 aliphatic heterocycles. The lowest BCUT2D eigenvalue weighted by Gasteiger charge is -2.02. The zero-order valence-corrected chi connectivity index (χ0v) is 8.70. The highest BCUT2D eigenvalue weighted by atomic mass is 15.3. The molecule has 1 heterocycles. The summed E-state index contributed by atoms with van der Waals surface area (Å²) < 4.78 is 1.85. The van der Waals surface area contributed by atoms with Crippen molar-refractivity contribution in [2.24, 2.45) is 17.8 Å². The van der Waals surface area contributed by atoms with Gasteiger partial charge in [0.05, 0.1) is 0 Å². The SMILES string of the molecule is CCNC(N)=NCCc1ccnn1C. The molecule has 0 saturated carbocycles. The maximum Gasteiger partial charge on any atom is 0.188 e. The van der Waals surface area contributed by atoms with Crippen molar-refractivity contribution < 1.29 is 0 Å². The maximum absolute atomic E-state index is 5.58. The summed E-state index contributed by atoms with van der Waals surface area (Å²) >= 11 is 0. The molecule has 1 rings (SSSR count). The van der Waals surface area contributed by atoms with Crippen LogP contribution in [0.1, 0.15) is 12.6 Å². The van der Waals surface area contributed by atoms with E-state index in [1.54, 1.807) is 6.20 Å². The van der Waals surface area contributed by atoms with Crippen LogP contribution in [0.2, 0.25) is 0 Å². The third-order valence-corrected chi connectivity index (χ3v) is 1.93. The summed E-state index contributed by atoms with van der Waals surface area (Å²) in [5.41, 5.74) is 6.74. The number of nitrogens with one attached hydrogen (secondary N) is 1. The molecule has 0 saturated heterocycles. The number of nitrogens with zero attached hydrogens (tertiary/aromatic N) is 3. The first kappa shape index (κ1) is 10.6. The van der Waals surface area contributed by atoms with Crippen molar-refractivity contribution in [1.29, 1.82) is 0 Å². The van der Waals surface area contributed by atoms with E-state index in [-0.39, 0.29) is 0 Å². The molecule has 0 fully saturated rings. The minimum absolute atomic E-state index is 0.509. The summed E-state index contributed by atoms with van der Waals surface area (Å²) in [6, 6.07) is 1.99.